The fourth-order valence-electron chi connectivity index (χ4n) is 2.36. The lowest BCUT2D eigenvalue weighted by Crippen LogP contribution is -2.28. The molecule has 6 heteroatoms. The first-order valence-corrected chi connectivity index (χ1v) is 8.35. The highest BCUT2D eigenvalue weighted by molar-refractivity contribution is 14.1. The van der Waals surface area contributed by atoms with Gasteiger partial charge in [-0.2, -0.15) is 0 Å². The van der Waals surface area contributed by atoms with Gasteiger partial charge in [-0.05, 0) is 60.4 Å². The molecule has 0 fully saturated rings. The maximum atomic E-state index is 13.7. The van der Waals surface area contributed by atoms with E-state index in [0.29, 0.717) is 8.34 Å². The van der Waals surface area contributed by atoms with Crippen molar-refractivity contribution in [3.05, 3.63) is 26.3 Å². The van der Waals surface area contributed by atoms with Crippen LogP contribution in [0.4, 0.5) is 4.39 Å². The van der Waals surface area contributed by atoms with E-state index >= 15 is 0 Å². The topological polar surface area (TPSA) is 24.0 Å². The normalized spacial score (nSPS) is 11.7. The summed E-state index contributed by atoms with van der Waals surface area (Å²) in [6, 6.07) is 3.38. The van der Waals surface area contributed by atoms with Crippen LogP contribution in [0.2, 0.25) is 0 Å². The summed E-state index contributed by atoms with van der Waals surface area (Å²) in [5.41, 5.74) is 1.75. The highest BCUT2D eigenvalue weighted by Gasteiger charge is 2.10. The number of benzene rings is 1. The average Bonchev–Trinajstić information content (AvgIpc) is 2.70. The third-order valence-corrected chi connectivity index (χ3v) is 4.59. The zero-order chi connectivity index (χ0) is 14.7. The highest BCUT2D eigenvalue weighted by atomic mass is 127. The molecule has 0 aliphatic heterocycles. The van der Waals surface area contributed by atoms with Crippen molar-refractivity contribution in [2.24, 2.45) is 0 Å². The van der Waals surface area contributed by atoms with Crippen molar-refractivity contribution in [1.29, 1.82) is 0 Å². The monoisotopic (exact) mass is 407 g/mol. The van der Waals surface area contributed by atoms with Crippen molar-refractivity contribution in [2.45, 2.75) is 26.8 Å². The van der Waals surface area contributed by atoms with Gasteiger partial charge < -0.3 is 14.5 Å². The Hall–Kier alpha value is -0.470. The predicted octanol–water partition coefficient (Wildman–Crippen LogP) is 4.17. The van der Waals surface area contributed by atoms with Gasteiger partial charge in [0.1, 0.15) is 5.82 Å². The molecule has 0 saturated heterocycles. The molecule has 20 heavy (non-hydrogen) atoms. The van der Waals surface area contributed by atoms with Gasteiger partial charge in [-0.1, -0.05) is 13.8 Å². The Labute approximate surface area is 137 Å². The largest absolute Gasteiger partial charge is 0.331 e. The summed E-state index contributed by atoms with van der Waals surface area (Å²) in [4.78, 5) is 5.54. The van der Waals surface area contributed by atoms with Crippen LogP contribution in [0.25, 0.3) is 11.0 Å². The molecular weight excluding hydrogens is 388 g/mol. The number of aromatic nitrogens is 2. The third kappa shape index (κ3) is 3.40. The number of rotatable bonds is 6. The number of nitrogens with zero attached hydrogens (tertiary/aromatic N) is 2. The summed E-state index contributed by atoms with van der Waals surface area (Å²) < 4.78 is 17.0. The van der Waals surface area contributed by atoms with Crippen molar-refractivity contribution in [1.82, 2.24) is 14.5 Å². The van der Waals surface area contributed by atoms with E-state index in [0.717, 1.165) is 43.6 Å². The van der Waals surface area contributed by atoms with E-state index in [1.165, 1.54) is 0 Å². The van der Waals surface area contributed by atoms with Crippen molar-refractivity contribution in [2.75, 3.05) is 19.6 Å². The Kier molecular flexibility index (Phi) is 5.57. The molecule has 0 radical (unpaired) electrons. The van der Waals surface area contributed by atoms with Gasteiger partial charge in [0.2, 0.25) is 0 Å². The van der Waals surface area contributed by atoms with Crippen LogP contribution < -0.4 is 0 Å². The fraction of sp³-hybridized carbons (Fsp3) is 0.500. The van der Waals surface area contributed by atoms with Crippen LogP contribution >= 0.6 is 34.8 Å². The fourth-order valence-corrected chi connectivity index (χ4v) is 3.13. The molecule has 0 spiro atoms. The molecule has 1 N–H and O–H groups in total. The van der Waals surface area contributed by atoms with Crippen molar-refractivity contribution < 1.29 is 4.39 Å². The van der Waals surface area contributed by atoms with Gasteiger partial charge >= 0.3 is 0 Å². The molecule has 0 amide bonds. The van der Waals surface area contributed by atoms with E-state index in [4.69, 9.17) is 12.2 Å². The Bertz CT molecular complexity index is 650. The van der Waals surface area contributed by atoms with Crippen molar-refractivity contribution >= 4 is 45.8 Å². The number of hydrogen-bond acceptors (Lipinski definition) is 2. The molecule has 1 heterocycles. The van der Waals surface area contributed by atoms with Gasteiger partial charge in [-0.25, -0.2) is 4.39 Å². The standard InChI is InChI=1S/C14H19FIN3S/c1-3-5-18(4-2)6-7-19-13-8-10(15)11(16)9-12(13)17-14(19)20/h8-9H,3-7H2,1-2H3,(H,17,20). The first-order chi connectivity index (χ1) is 9.56. The molecule has 1 aromatic heterocycles. The zero-order valence-corrected chi connectivity index (χ0v) is 14.7. The molecule has 2 aromatic rings. The number of hydrogen-bond donors (Lipinski definition) is 1. The van der Waals surface area contributed by atoms with Crippen molar-refractivity contribution in [3.63, 3.8) is 0 Å². The summed E-state index contributed by atoms with van der Waals surface area (Å²) >= 11 is 7.35. The summed E-state index contributed by atoms with van der Waals surface area (Å²) in [5, 5.41) is 0. The first kappa shape index (κ1) is 15.9. The molecule has 3 nitrogen and oxygen atoms in total. The van der Waals surface area contributed by atoms with Gasteiger partial charge in [0, 0.05) is 19.2 Å². The molecule has 0 bridgehead atoms. The van der Waals surface area contributed by atoms with Gasteiger partial charge in [-0.15, -0.1) is 0 Å². The molecule has 0 aliphatic rings. The third-order valence-electron chi connectivity index (χ3n) is 3.44. The van der Waals surface area contributed by atoms with E-state index in [9.17, 15) is 4.39 Å². The highest BCUT2D eigenvalue weighted by Crippen LogP contribution is 2.20. The molecule has 0 atom stereocenters. The summed E-state index contributed by atoms with van der Waals surface area (Å²) in [7, 11) is 0. The minimum absolute atomic E-state index is 0.193. The first-order valence-electron chi connectivity index (χ1n) is 6.86. The van der Waals surface area contributed by atoms with E-state index in [1.54, 1.807) is 12.1 Å². The second kappa shape index (κ2) is 7.00. The Balaban J connectivity index is 2.27. The lowest BCUT2D eigenvalue weighted by atomic mass is 10.3. The van der Waals surface area contributed by atoms with Crippen LogP contribution in [0.15, 0.2) is 12.1 Å². The van der Waals surface area contributed by atoms with Crippen LogP contribution in [0.1, 0.15) is 20.3 Å². The van der Waals surface area contributed by atoms with Crippen LogP contribution in [0.5, 0.6) is 0 Å². The van der Waals surface area contributed by atoms with Crippen LogP contribution in [-0.4, -0.2) is 34.1 Å². The zero-order valence-electron chi connectivity index (χ0n) is 11.7. The van der Waals surface area contributed by atoms with E-state index < -0.39 is 0 Å². The molecule has 1 aromatic carbocycles. The molecular formula is C14H19FIN3S. The number of imidazole rings is 1. The minimum Gasteiger partial charge on any atom is -0.331 e. The van der Waals surface area contributed by atoms with Crippen LogP contribution in [0, 0.1) is 14.2 Å². The Morgan fingerprint density at radius 3 is 2.75 bits per heavy atom. The number of halogens is 2. The minimum atomic E-state index is -0.193. The Morgan fingerprint density at radius 1 is 1.35 bits per heavy atom. The molecule has 0 aliphatic carbocycles. The van der Waals surface area contributed by atoms with Crippen LogP contribution in [0.3, 0.4) is 0 Å². The molecule has 0 unspecified atom stereocenters. The van der Waals surface area contributed by atoms with Gasteiger partial charge in [0.05, 0.1) is 14.6 Å². The van der Waals surface area contributed by atoms with E-state index in [1.807, 2.05) is 27.2 Å². The van der Waals surface area contributed by atoms with Crippen LogP contribution in [-0.2, 0) is 6.54 Å². The lowest BCUT2D eigenvalue weighted by Gasteiger charge is -2.19. The van der Waals surface area contributed by atoms with Gasteiger partial charge in [-0.3, -0.25) is 0 Å². The molecule has 2 rings (SSSR count). The van der Waals surface area contributed by atoms with Gasteiger partial charge in [0.25, 0.3) is 0 Å². The average molecular weight is 407 g/mol. The SMILES string of the molecule is CCCN(CC)CCn1c(=S)[nH]c2cc(I)c(F)cc21. The second-order valence-electron chi connectivity index (χ2n) is 4.80. The Morgan fingerprint density at radius 2 is 2.10 bits per heavy atom. The number of likely N-dealkylation sites (N-methyl/N-ethyl adjacent to an activating group) is 1. The number of fused-ring (bicyclic) bond motifs is 1. The maximum absolute atomic E-state index is 13.7. The second-order valence-corrected chi connectivity index (χ2v) is 6.35. The quantitative estimate of drug-likeness (QED) is 0.574. The molecule has 0 saturated carbocycles. The lowest BCUT2D eigenvalue weighted by molar-refractivity contribution is 0.277. The summed E-state index contributed by atoms with van der Waals surface area (Å²) in [6.45, 7) is 8.16. The molecule has 110 valence electrons. The summed E-state index contributed by atoms with van der Waals surface area (Å²) in [6.07, 6.45) is 1.14. The van der Waals surface area contributed by atoms with E-state index in [-0.39, 0.29) is 5.82 Å². The van der Waals surface area contributed by atoms with E-state index in [2.05, 4.69) is 23.7 Å². The number of nitrogens with one attached hydrogen (secondary N) is 1. The van der Waals surface area contributed by atoms with Crippen molar-refractivity contribution in [3.8, 4) is 0 Å². The smallest absolute Gasteiger partial charge is 0.178 e. The summed E-state index contributed by atoms with van der Waals surface area (Å²) in [5.74, 6) is -0.193. The number of aromatic amines is 1. The predicted molar refractivity (Wildman–Crippen MR) is 92.2 cm³/mol. The maximum Gasteiger partial charge on any atom is 0.178 e. The number of H-pyrrole nitrogens is 1. The van der Waals surface area contributed by atoms with Gasteiger partial charge in [0.15, 0.2) is 4.77 Å².